The number of aliphatic hydroxyl groups excluding tert-OH is 1. The van der Waals surface area contributed by atoms with Gasteiger partial charge in [0.25, 0.3) is 0 Å². The summed E-state index contributed by atoms with van der Waals surface area (Å²) in [6.45, 7) is 0.123. The standard InChI is InChI=1S/C13H17N3O/c17-10-9-13-12(14-16-15-13)8-4-7-11-5-2-1-3-6-11/h1-3,5-6,17H,4,7-10H2,(H,14,15,16). The van der Waals surface area contributed by atoms with Crippen molar-refractivity contribution in [3.8, 4) is 0 Å². The van der Waals surface area contributed by atoms with Crippen LogP contribution >= 0.6 is 0 Å². The van der Waals surface area contributed by atoms with Gasteiger partial charge < -0.3 is 5.11 Å². The van der Waals surface area contributed by atoms with Gasteiger partial charge in [0.2, 0.25) is 0 Å². The van der Waals surface area contributed by atoms with E-state index in [1.54, 1.807) is 0 Å². The van der Waals surface area contributed by atoms with Crippen LogP contribution in [0.25, 0.3) is 0 Å². The number of benzene rings is 1. The van der Waals surface area contributed by atoms with E-state index < -0.39 is 0 Å². The Kier molecular flexibility index (Phi) is 4.27. The van der Waals surface area contributed by atoms with Crippen molar-refractivity contribution in [3.05, 3.63) is 47.3 Å². The van der Waals surface area contributed by atoms with Crippen LogP contribution in [0.1, 0.15) is 23.4 Å². The molecule has 1 aromatic heterocycles. The minimum Gasteiger partial charge on any atom is -0.396 e. The minimum atomic E-state index is 0.123. The predicted octanol–water partition coefficient (Wildman–Crippen LogP) is 1.51. The number of hydrogen-bond acceptors (Lipinski definition) is 3. The Labute approximate surface area is 101 Å². The van der Waals surface area contributed by atoms with E-state index in [0.29, 0.717) is 6.42 Å². The van der Waals surface area contributed by atoms with Crippen molar-refractivity contribution in [2.75, 3.05) is 6.61 Å². The molecule has 17 heavy (non-hydrogen) atoms. The van der Waals surface area contributed by atoms with Crippen LogP contribution in [0, 0.1) is 0 Å². The third kappa shape index (κ3) is 3.39. The van der Waals surface area contributed by atoms with Crippen LogP contribution in [0.5, 0.6) is 0 Å². The van der Waals surface area contributed by atoms with Gasteiger partial charge in [0.15, 0.2) is 0 Å². The van der Waals surface area contributed by atoms with Gasteiger partial charge in [-0.25, -0.2) is 0 Å². The normalized spacial score (nSPS) is 10.6. The molecule has 0 fully saturated rings. The molecule has 0 aliphatic rings. The molecule has 0 saturated heterocycles. The van der Waals surface area contributed by atoms with Crippen molar-refractivity contribution < 1.29 is 5.11 Å². The van der Waals surface area contributed by atoms with Crippen molar-refractivity contribution in [1.29, 1.82) is 0 Å². The number of aliphatic hydroxyl groups is 1. The lowest BCUT2D eigenvalue weighted by molar-refractivity contribution is 0.297. The van der Waals surface area contributed by atoms with Crippen LogP contribution in [-0.2, 0) is 19.3 Å². The molecule has 0 atom stereocenters. The third-order valence-corrected chi connectivity index (χ3v) is 2.77. The largest absolute Gasteiger partial charge is 0.396 e. The van der Waals surface area contributed by atoms with E-state index in [2.05, 4.69) is 39.7 Å². The van der Waals surface area contributed by atoms with Crippen molar-refractivity contribution in [3.63, 3.8) is 0 Å². The van der Waals surface area contributed by atoms with Gasteiger partial charge in [-0.3, -0.25) is 0 Å². The van der Waals surface area contributed by atoms with Gasteiger partial charge in [-0.1, -0.05) is 30.3 Å². The first-order valence-corrected chi connectivity index (χ1v) is 5.93. The molecular formula is C13H17N3O. The van der Waals surface area contributed by atoms with Crippen LogP contribution in [0.2, 0.25) is 0 Å². The SMILES string of the molecule is OCCc1n[nH]nc1CCCc1ccccc1. The molecular weight excluding hydrogens is 214 g/mol. The van der Waals surface area contributed by atoms with Gasteiger partial charge in [-0.2, -0.15) is 15.4 Å². The first-order chi connectivity index (χ1) is 8.40. The fraction of sp³-hybridized carbons (Fsp3) is 0.385. The molecule has 90 valence electrons. The van der Waals surface area contributed by atoms with E-state index in [9.17, 15) is 0 Å². The molecule has 0 unspecified atom stereocenters. The summed E-state index contributed by atoms with van der Waals surface area (Å²) in [7, 11) is 0. The minimum absolute atomic E-state index is 0.123. The summed E-state index contributed by atoms with van der Waals surface area (Å²) in [5.41, 5.74) is 3.22. The van der Waals surface area contributed by atoms with Crippen LogP contribution in [-0.4, -0.2) is 27.1 Å². The maximum atomic E-state index is 8.88. The summed E-state index contributed by atoms with van der Waals surface area (Å²) in [6, 6.07) is 10.4. The molecule has 0 saturated carbocycles. The molecule has 0 spiro atoms. The fourth-order valence-electron chi connectivity index (χ4n) is 1.89. The van der Waals surface area contributed by atoms with Crippen molar-refractivity contribution in [2.45, 2.75) is 25.7 Å². The zero-order chi connectivity index (χ0) is 11.9. The molecule has 0 aliphatic heterocycles. The summed E-state index contributed by atoms with van der Waals surface area (Å²) < 4.78 is 0. The Morgan fingerprint density at radius 2 is 1.65 bits per heavy atom. The molecule has 0 amide bonds. The summed E-state index contributed by atoms with van der Waals surface area (Å²) in [5, 5.41) is 19.7. The third-order valence-electron chi connectivity index (χ3n) is 2.77. The van der Waals surface area contributed by atoms with Gasteiger partial charge >= 0.3 is 0 Å². The molecule has 2 rings (SSSR count). The average molecular weight is 231 g/mol. The second-order valence-corrected chi connectivity index (χ2v) is 4.03. The van der Waals surface area contributed by atoms with E-state index in [4.69, 9.17) is 5.11 Å². The van der Waals surface area contributed by atoms with Gasteiger partial charge in [0.1, 0.15) is 0 Å². The maximum absolute atomic E-state index is 8.88. The Hall–Kier alpha value is -1.68. The van der Waals surface area contributed by atoms with Crippen molar-refractivity contribution in [1.82, 2.24) is 15.4 Å². The van der Waals surface area contributed by atoms with Gasteiger partial charge in [-0.15, -0.1) is 0 Å². The Morgan fingerprint density at radius 1 is 0.941 bits per heavy atom. The lowest BCUT2D eigenvalue weighted by Gasteiger charge is -2.01. The van der Waals surface area contributed by atoms with Crippen LogP contribution in [0.3, 0.4) is 0 Å². The number of hydrogen-bond donors (Lipinski definition) is 2. The van der Waals surface area contributed by atoms with Crippen LogP contribution in [0.15, 0.2) is 30.3 Å². The first-order valence-electron chi connectivity index (χ1n) is 5.93. The first kappa shape index (κ1) is 11.8. The highest BCUT2D eigenvalue weighted by atomic mass is 16.3. The molecule has 4 nitrogen and oxygen atoms in total. The van der Waals surface area contributed by atoms with E-state index in [1.807, 2.05) is 6.07 Å². The topological polar surface area (TPSA) is 61.8 Å². The van der Waals surface area contributed by atoms with Crippen molar-refractivity contribution in [2.24, 2.45) is 0 Å². The second-order valence-electron chi connectivity index (χ2n) is 4.03. The molecule has 4 heteroatoms. The Morgan fingerprint density at radius 3 is 2.35 bits per heavy atom. The summed E-state index contributed by atoms with van der Waals surface area (Å²) in [4.78, 5) is 0. The van der Waals surface area contributed by atoms with E-state index in [-0.39, 0.29) is 6.61 Å². The number of nitrogens with one attached hydrogen (secondary N) is 1. The molecule has 0 radical (unpaired) electrons. The van der Waals surface area contributed by atoms with E-state index in [0.717, 1.165) is 30.7 Å². The highest BCUT2D eigenvalue weighted by molar-refractivity contribution is 5.15. The summed E-state index contributed by atoms with van der Waals surface area (Å²) in [6.07, 6.45) is 3.58. The monoisotopic (exact) mass is 231 g/mol. The summed E-state index contributed by atoms with van der Waals surface area (Å²) >= 11 is 0. The molecule has 0 bridgehead atoms. The second kappa shape index (κ2) is 6.15. The van der Waals surface area contributed by atoms with Crippen LogP contribution < -0.4 is 0 Å². The lowest BCUT2D eigenvalue weighted by atomic mass is 10.1. The molecule has 1 aromatic carbocycles. The predicted molar refractivity (Wildman–Crippen MR) is 65.6 cm³/mol. The number of aromatic amines is 1. The van der Waals surface area contributed by atoms with Gasteiger partial charge in [0, 0.05) is 13.0 Å². The molecule has 2 N–H and O–H groups in total. The molecule has 2 aromatic rings. The zero-order valence-electron chi connectivity index (χ0n) is 9.76. The lowest BCUT2D eigenvalue weighted by Crippen LogP contribution is -1.98. The van der Waals surface area contributed by atoms with Crippen LogP contribution in [0.4, 0.5) is 0 Å². The smallest absolute Gasteiger partial charge is 0.0879 e. The zero-order valence-corrected chi connectivity index (χ0v) is 9.76. The van der Waals surface area contributed by atoms with E-state index >= 15 is 0 Å². The van der Waals surface area contributed by atoms with E-state index in [1.165, 1.54) is 5.56 Å². The Balaban J connectivity index is 1.84. The molecule has 1 heterocycles. The average Bonchev–Trinajstić information content (AvgIpc) is 2.79. The highest BCUT2D eigenvalue weighted by Gasteiger charge is 2.06. The number of nitrogens with zero attached hydrogens (tertiary/aromatic N) is 2. The highest BCUT2D eigenvalue weighted by Crippen LogP contribution is 2.09. The van der Waals surface area contributed by atoms with Crippen molar-refractivity contribution >= 4 is 0 Å². The Bertz CT molecular complexity index is 439. The maximum Gasteiger partial charge on any atom is 0.0879 e. The number of H-pyrrole nitrogens is 1. The summed E-state index contributed by atoms with van der Waals surface area (Å²) in [5.74, 6) is 0. The van der Waals surface area contributed by atoms with Gasteiger partial charge in [-0.05, 0) is 24.8 Å². The fourth-order valence-corrected chi connectivity index (χ4v) is 1.89. The number of rotatable bonds is 6. The number of aromatic nitrogens is 3. The van der Waals surface area contributed by atoms with Gasteiger partial charge in [0.05, 0.1) is 11.4 Å². The number of aryl methyl sites for hydroxylation is 2. The quantitative estimate of drug-likeness (QED) is 0.792. The molecule has 0 aliphatic carbocycles.